The van der Waals surface area contributed by atoms with Crippen molar-refractivity contribution in [2.75, 3.05) is 92.7 Å². The van der Waals surface area contributed by atoms with Crippen LogP contribution in [0.4, 0.5) is 0 Å². The first-order valence-electron chi connectivity index (χ1n) is 38.2. The molecular formula is C92H80Cl3N13O7. The number of aliphatic hydroxyl groups is 1. The maximum Gasteiger partial charge on any atom is 0.255 e. The zero-order valence-corrected chi connectivity index (χ0v) is 65.4. The lowest BCUT2D eigenvalue weighted by atomic mass is 10.0. The summed E-state index contributed by atoms with van der Waals surface area (Å²) in [5, 5.41) is 25.5. The van der Waals surface area contributed by atoms with E-state index in [0.717, 1.165) is 158 Å². The number of β-amino-alcohol motifs (C(OH)–C–C–N with tert-alkyl or cyclic N) is 1. The Morgan fingerprint density at radius 1 is 0.435 bits per heavy atom. The van der Waals surface area contributed by atoms with Crippen molar-refractivity contribution in [1.29, 1.82) is 0 Å². The van der Waals surface area contributed by atoms with E-state index in [1.54, 1.807) is 93.0 Å². The molecule has 3 amide bonds. The summed E-state index contributed by atoms with van der Waals surface area (Å²) >= 11 is 18.3. The molecule has 4 N–H and O–H groups in total. The molecule has 1 atom stereocenters. The van der Waals surface area contributed by atoms with E-state index in [4.69, 9.17) is 39.9 Å². The van der Waals surface area contributed by atoms with Gasteiger partial charge in [-0.15, -0.1) is 0 Å². The SMILES string of the molecule is CN(C)CCN1CCN(C(=O)c2ccc(-n3c(=O)ccc4cnc5ccc(-c6ccc(Cl)cc6)cc5c43)cc2)CC1.O=C(NC1CCNC1)c1ccc(-n2c(=O)ccc3cnc4ccc(-c5ccc(Cl)cc5)cc4c32)cc1.O=C(NC1CN(CCO)C1)c1ccc(-n2c(=O)ccc3cnc4ccc(-c5ccc(Cl)cc5)cc4c32)cc1. The van der Waals surface area contributed by atoms with Crippen LogP contribution in [0.5, 0.6) is 0 Å². The van der Waals surface area contributed by atoms with E-state index >= 15 is 0 Å². The molecule has 0 radical (unpaired) electrons. The summed E-state index contributed by atoms with van der Waals surface area (Å²) in [6.45, 7) is 9.09. The van der Waals surface area contributed by atoms with Gasteiger partial charge < -0.3 is 30.9 Å². The Balaban J connectivity index is 0.000000130. The number of hydrogen-bond donors (Lipinski definition) is 4. The Morgan fingerprint density at radius 3 is 1.16 bits per heavy atom. The lowest BCUT2D eigenvalue weighted by Crippen LogP contribution is -2.59. The number of likely N-dealkylation sites (N-methyl/N-ethyl adjacent to an activating group) is 1. The summed E-state index contributed by atoms with van der Waals surface area (Å²) in [5.74, 6) is -0.239. The third kappa shape index (κ3) is 16.8. The Morgan fingerprint density at radius 2 is 0.800 bits per heavy atom. The smallest absolute Gasteiger partial charge is 0.255 e. The van der Waals surface area contributed by atoms with Crippen molar-refractivity contribution in [2.24, 2.45) is 0 Å². The topological polar surface area (TPSA) is 225 Å². The minimum Gasteiger partial charge on any atom is -0.395 e. The van der Waals surface area contributed by atoms with Gasteiger partial charge in [-0.25, -0.2) is 0 Å². The lowest BCUT2D eigenvalue weighted by molar-refractivity contribution is 0.0629. The number of benzene rings is 9. The lowest BCUT2D eigenvalue weighted by Gasteiger charge is -2.39. The summed E-state index contributed by atoms with van der Waals surface area (Å²) in [6, 6.07) is 73.0. The number of amides is 3. The fraction of sp³-hybridized carbons (Fsp3) is 0.185. The van der Waals surface area contributed by atoms with Crippen LogP contribution in [0.1, 0.15) is 37.5 Å². The molecule has 9 heterocycles. The molecule has 0 spiro atoms. The zero-order chi connectivity index (χ0) is 79.4. The first-order chi connectivity index (χ1) is 55.9. The Kier molecular flexibility index (Phi) is 22.7. The van der Waals surface area contributed by atoms with Crippen molar-refractivity contribution in [3.63, 3.8) is 0 Å². The number of pyridine rings is 6. The molecule has 0 bridgehead atoms. The number of fused-ring (bicyclic) bond motifs is 9. The maximum absolute atomic E-state index is 13.3. The van der Waals surface area contributed by atoms with Gasteiger partial charge in [-0.3, -0.25) is 67.2 Å². The quantitative estimate of drug-likeness (QED) is 0.0661. The van der Waals surface area contributed by atoms with Crippen LogP contribution in [0.15, 0.2) is 270 Å². The second-order valence-corrected chi connectivity index (χ2v) is 30.6. The van der Waals surface area contributed by atoms with Gasteiger partial charge in [0, 0.05) is 189 Å². The van der Waals surface area contributed by atoms with Gasteiger partial charge in [0.2, 0.25) is 0 Å². The van der Waals surface area contributed by atoms with Gasteiger partial charge in [0.1, 0.15) is 0 Å². The van der Waals surface area contributed by atoms with Gasteiger partial charge in [0.25, 0.3) is 34.4 Å². The van der Waals surface area contributed by atoms with E-state index in [2.05, 4.69) is 71.8 Å². The molecule has 3 fully saturated rings. The Labute approximate surface area is 677 Å². The first-order valence-corrected chi connectivity index (χ1v) is 39.3. The molecule has 15 aromatic rings. The molecule has 20 nitrogen and oxygen atoms in total. The van der Waals surface area contributed by atoms with E-state index in [9.17, 15) is 28.8 Å². The van der Waals surface area contributed by atoms with Crippen LogP contribution in [0.2, 0.25) is 15.1 Å². The average molecular weight is 1590 g/mol. The number of hydrogen-bond acceptors (Lipinski definition) is 14. The van der Waals surface area contributed by atoms with Crippen molar-refractivity contribution < 1.29 is 19.5 Å². The van der Waals surface area contributed by atoms with Gasteiger partial charge in [-0.1, -0.05) is 89.4 Å². The number of halogens is 3. The number of nitrogens with one attached hydrogen (secondary N) is 3. The van der Waals surface area contributed by atoms with Crippen LogP contribution < -0.4 is 32.6 Å². The molecule has 3 aliphatic heterocycles. The molecule has 23 heteroatoms. The molecular weight excluding hydrogens is 1510 g/mol. The highest BCUT2D eigenvalue weighted by atomic mass is 35.5. The minimum absolute atomic E-state index is 0.0244. The molecule has 18 rings (SSSR count). The third-order valence-corrected chi connectivity index (χ3v) is 22.2. The van der Waals surface area contributed by atoms with E-state index in [1.165, 1.54) is 6.07 Å². The fourth-order valence-electron chi connectivity index (χ4n) is 15.2. The second-order valence-electron chi connectivity index (χ2n) is 29.3. The van der Waals surface area contributed by atoms with Crippen LogP contribution in [-0.2, 0) is 0 Å². The second kappa shape index (κ2) is 33.9. The summed E-state index contributed by atoms with van der Waals surface area (Å²) < 4.78 is 5.07. The number of nitrogens with zero attached hydrogens (tertiary/aromatic N) is 10. The number of piperazine rings is 1. The van der Waals surface area contributed by atoms with Crippen molar-refractivity contribution in [3.8, 4) is 50.4 Å². The van der Waals surface area contributed by atoms with E-state index in [0.29, 0.717) is 68.5 Å². The summed E-state index contributed by atoms with van der Waals surface area (Å²) in [6.07, 6.45) is 6.28. The van der Waals surface area contributed by atoms with Crippen LogP contribution in [0, 0.1) is 0 Å². The van der Waals surface area contributed by atoms with Crippen LogP contribution in [0.3, 0.4) is 0 Å². The molecule has 0 aliphatic carbocycles. The molecule has 9 aromatic carbocycles. The van der Waals surface area contributed by atoms with Crippen LogP contribution in [-0.4, -0.2) is 176 Å². The Bertz CT molecular complexity index is 6370. The first kappa shape index (κ1) is 76.9. The predicted octanol–water partition coefficient (Wildman–Crippen LogP) is 14.4. The molecule has 6 aromatic heterocycles. The van der Waals surface area contributed by atoms with Crippen molar-refractivity contribution >= 4 is 118 Å². The summed E-state index contributed by atoms with van der Waals surface area (Å²) in [7, 11) is 4.15. The number of aliphatic hydroxyl groups excluding tert-OH is 1. The molecule has 576 valence electrons. The van der Waals surface area contributed by atoms with E-state index < -0.39 is 0 Å². The molecule has 115 heavy (non-hydrogen) atoms. The predicted molar refractivity (Wildman–Crippen MR) is 460 cm³/mol. The fourth-order valence-corrected chi connectivity index (χ4v) is 15.6. The third-order valence-electron chi connectivity index (χ3n) is 21.5. The van der Waals surface area contributed by atoms with Gasteiger partial charge in [-0.2, -0.15) is 0 Å². The van der Waals surface area contributed by atoms with Crippen LogP contribution >= 0.6 is 34.8 Å². The monoisotopic (exact) mass is 1580 g/mol. The number of aromatic nitrogens is 6. The molecule has 3 saturated heterocycles. The number of rotatable bonds is 16. The minimum atomic E-state index is -0.169. The van der Waals surface area contributed by atoms with Crippen molar-refractivity contribution in [1.82, 2.24) is 64.2 Å². The molecule has 0 saturated carbocycles. The average Bonchev–Trinajstić information content (AvgIpc) is 1.11. The zero-order valence-electron chi connectivity index (χ0n) is 63.1. The van der Waals surface area contributed by atoms with Crippen molar-refractivity contribution in [2.45, 2.75) is 18.5 Å². The Hall–Kier alpha value is -12.1. The highest BCUT2D eigenvalue weighted by Gasteiger charge is 2.29. The van der Waals surface area contributed by atoms with Crippen LogP contribution in [0.25, 0.3) is 116 Å². The summed E-state index contributed by atoms with van der Waals surface area (Å²) in [4.78, 5) is 101. The molecule has 3 aliphatic rings. The number of likely N-dealkylation sites (tertiary alicyclic amines) is 1. The van der Waals surface area contributed by atoms with Gasteiger partial charge in [-0.05, 0) is 224 Å². The van der Waals surface area contributed by atoms with E-state index in [-0.39, 0.29) is 53.1 Å². The van der Waals surface area contributed by atoms with E-state index in [1.807, 2.05) is 163 Å². The highest BCUT2D eigenvalue weighted by molar-refractivity contribution is 6.31. The maximum atomic E-state index is 13.3. The number of carbonyl (C=O) groups is 3. The largest absolute Gasteiger partial charge is 0.395 e. The van der Waals surface area contributed by atoms with Gasteiger partial charge in [0.05, 0.1) is 45.7 Å². The van der Waals surface area contributed by atoms with Crippen molar-refractivity contribution in [3.05, 3.63) is 318 Å². The van der Waals surface area contributed by atoms with Gasteiger partial charge in [0.15, 0.2) is 0 Å². The molecule has 1 unspecified atom stereocenters. The van der Waals surface area contributed by atoms with Gasteiger partial charge >= 0.3 is 0 Å². The standard InChI is InChI=1S/C33H32ClN5O2.C30H25ClN4O3.C29H23ClN4O2/c1-36(2)15-16-37-17-19-38(20-18-37)33(41)24-5-11-28(12-6-24)39-31(40)14-8-26-22-35-30-13-7-25(21-29(30)32(26)39)23-3-9-27(34)10-4-23;31-23-7-1-19(2-8-23)21-5-11-27-26(15-21)29-22(16-32-27)6-12-28(37)35(29)25-9-3-20(4-10-25)30(38)33-24-17-34(18-24)13-14-36;30-22-7-1-18(2-8-22)20-5-11-26-25(15-20)28-21(16-32-26)6-12-27(35)34(28)24-9-3-19(4-10-24)29(36)33-23-13-14-31-17-23/h3-14,21-22H,15-20H2,1-2H3;1-12,15-16,24,36H,13-14,17-18H2,(H,33,38);1-12,15-16,23,31H,13-14,17H2,(H,33,36). The number of carbonyl (C=O) groups excluding carboxylic acids is 3. The summed E-state index contributed by atoms with van der Waals surface area (Å²) in [5.41, 5.74) is 14.1. The normalized spacial score (nSPS) is 14.6. The highest BCUT2D eigenvalue weighted by Crippen LogP contribution is 2.35.